The van der Waals surface area contributed by atoms with Gasteiger partial charge in [0, 0.05) is 51.0 Å². The third-order valence-corrected chi connectivity index (χ3v) is 4.26. The van der Waals surface area contributed by atoms with Gasteiger partial charge >= 0.3 is 0 Å². The Labute approximate surface area is 146 Å². The van der Waals surface area contributed by atoms with Crippen LogP contribution in [-0.4, -0.2) is 53.6 Å². The Balaban J connectivity index is 1.44. The van der Waals surface area contributed by atoms with Crippen molar-refractivity contribution in [1.82, 2.24) is 14.9 Å². The van der Waals surface area contributed by atoms with Gasteiger partial charge in [-0.2, -0.15) is 0 Å². The molecule has 3 rings (SSSR count). The first-order valence-electron chi connectivity index (χ1n) is 7.83. The van der Waals surface area contributed by atoms with Crippen molar-refractivity contribution in [3.05, 3.63) is 53.6 Å². The summed E-state index contributed by atoms with van der Waals surface area (Å²) in [6, 6.07) is 5.65. The summed E-state index contributed by atoms with van der Waals surface area (Å²) in [5.41, 5.74) is 1.97. The van der Waals surface area contributed by atoms with Gasteiger partial charge in [0.2, 0.25) is 5.91 Å². The van der Waals surface area contributed by atoms with Gasteiger partial charge in [-0.05, 0) is 23.8 Å². The molecule has 0 atom stereocenters. The molecule has 126 valence electrons. The molecule has 0 radical (unpaired) electrons. The maximum absolute atomic E-state index is 12.2. The Bertz CT molecular complexity index is 675. The van der Waals surface area contributed by atoms with Crippen molar-refractivity contribution in [2.24, 2.45) is 0 Å². The first kappa shape index (κ1) is 16.7. The van der Waals surface area contributed by atoms with Crippen molar-refractivity contribution in [2.45, 2.75) is 6.61 Å². The number of nitrogens with zero attached hydrogens (tertiary/aromatic N) is 4. The molecule has 0 aliphatic carbocycles. The average molecular weight is 347 g/mol. The molecule has 7 heteroatoms. The molecule has 24 heavy (non-hydrogen) atoms. The number of carbonyl (C=O) groups excluding carboxylic acids is 1. The van der Waals surface area contributed by atoms with Gasteiger partial charge in [-0.1, -0.05) is 11.6 Å². The second kappa shape index (κ2) is 8.08. The average Bonchev–Trinajstić information content (AvgIpc) is 2.63. The van der Waals surface area contributed by atoms with Crippen molar-refractivity contribution in [1.29, 1.82) is 0 Å². The number of aromatic nitrogens is 2. The van der Waals surface area contributed by atoms with Crippen molar-refractivity contribution >= 4 is 23.2 Å². The molecule has 0 aromatic carbocycles. The van der Waals surface area contributed by atoms with Gasteiger partial charge < -0.3 is 14.5 Å². The molecule has 0 unspecified atom stereocenters. The highest BCUT2D eigenvalue weighted by Crippen LogP contribution is 2.25. The lowest BCUT2D eigenvalue weighted by molar-refractivity contribution is -0.136. The second-order valence-electron chi connectivity index (χ2n) is 5.54. The second-order valence-corrected chi connectivity index (χ2v) is 5.95. The summed E-state index contributed by atoms with van der Waals surface area (Å²) in [4.78, 5) is 24.2. The minimum atomic E-state index is 0.0181. The predicted molar refractivity (Wildman–Crippen MR) is 91.9 cm³/mol. The largest absolute Gasteiger partial charge is 0.367 e. The molecular formula is C17H19ClN4O2. The highest BCUT2D eigenvalue weighted by molar-refractivity contribution is 6.33. The Morgan fingerprint density at radius 2 is 1.79 bits per heavy atom. The fraction of sp³-hybridized carbons (Fsp3) is 0.353. The van der Waals surface area contributed by atoms with E-state index in [1.165, 1.54) is 0 Å². The molecule has 2 aromatic rings. The van der Waals surface area contributed by atoms with E-state index in [0.717, 1.165) is 24.3 Å². The fourth-order valence-electron chi connectivity index (χ4n) is 2.65. The van der Waals surface area contributed by atoms with Crippen LogP contribution < -0.4 is 4.90 Å². The Morgan fingerprint density at radius 3 is 2.50 bits per heavy atom. The van der Waals surface area contributed by atoms with Crippen LogP contribution in [0, 0.1) is 0 Å². The number of amides is 1. The van der Waals surface area contributed by atoms with Gasteiger partial charge in [-0.3, -0.25) is 14.8 Å². The third kappa shape index (κ3) is 4.21. The molecule has 1 aliphatic heterocycles. The van der Waals surface area contributed by atoms with E-state index in [-0.39, 0.29) is 12.5 Å². The first-order chi connectivity index (χ1) is 11.7. The Morgan fingerprint density at radius 1 is 1.08 bits per heavy atom. The highest BCUT2D eigenvalue weighted by Gasteiger charge is 2.22. The number of piperazine rings is 1. The number of anilines is 1. The summed E-state index contributed by atoms with van der Waals surface area (Å²) >= 11 is 6.17. The normalized spacial score (nSPS) is 14.7. The van der Waals surface area contributed by atoms with Gasteiger partial charge in [0.1, 0.15) is 6.61 Å². The number of pyridine rings is 2. The number of halogens is 1. The van der Waals surface area contributed by atoms with Crippen LogP contribution in [0.2, 0.25) is 5.02 Å². The van der Waals surface area contributed by atoms with E-state index in [1.807, 2.05) is 23.1 Å². The Kier molecular flexibility index (Phi) is 5.61. The van der Waals surface area contributed by atoms with Crippen LogP contribution in [-0.2, 0) is 16.1 Å². The monoisotopic (exact) mass is 346 g/mol. The zero-order valence-corrected chi connectivity index (χ0v) is 14.0. The smallest absolute Gasteiger partial charge is 0.248 e. The molecule has 0 N–H and O–H groups in total. The van der Waals surface area contributed by atoms with Crippen LogP contribution in [0.1, 0.15) is 5.56 Å². The van der Waals surface area contributed by atoms with Crippen molar-refractivity contribution in [2.75, 3.05) is 37.7 Å². The maximum Gasteiger partial charge on any atom is 0.248 e. The molecule has 3 heterocycles. The molecular weight excluding hydrogens is 328 g/mol. The van der Waals surface area contributed by atoms with Gasteiger partial charge in [0.25, 0.3) is 0 Å². The number of carbonyl (C=O) groups is 1. The molecule has 0 bridgehead atoms. The van der Waals surface area contributed by atoms with Crippen LogP contribution >= 0.6 is 11.6 Å². The summed E-state index contributed by atoms with van der Waals surface area (Å²) in [6.07, 6.45) is 6.79. The molecule has 0 saturated carbocycles. The molecule has 0 spiro atoms. The van der Waals surface area contributed by atoms with Crippen LogP contribution in [0.15, 0.2) is 43.0 Å². The van der Waals surface area contributed by atoms with E-state index in [1.54, 1.807) is 24.8 Å². The minimum Gasteiger partial charge on any atom is -0.367 e. The van der Waals surface area contributed by atoms with Crippen molar-refractivity contribution in [3.8, 4) is 0 Å². The van der Waals surface area contributed by atoms with E-state index in [4.69, 9.17) is 16.3 Å². The van der Waals surface area contributed by atoms with E-state index in [2.05, 4.69) is 14.9 Å². The number of hydrogen-bond acceptors (Lipinski definition) is 5. The lowest BCUT2D eigenvalue weighted by Gasteiger charge is -2.36. The molecule has 1 aliphatic rings. The van der Waals surface area contributed by atoms with E-state index >= 15 is 0 Å². The standard InChI is InChI=1S/C17H19ClN4O2/c18-15-11-20-6-3-16(15)21-7-9-22(10-8-21)17(23)13-24-12-14-1-4-19-5-2-14/h1-6,11H,7-10,12-13H2. The molecule has 6 nitrogen and oxygen atoms in total. The van der Waals surface area contributed by atoms with Crippen molar-refractivity contribution in [3.63, 3.8) is 0 Å². The summed E-state index contributed by atoms with van der Waals surface area (Å²) in [7, 11) is 0. The number of hydrogen-bond donors (Lipinski definition) is 0. The lowest BCUT2D eigenvalue weighted by Crippen LogP contribution is -2.49. The number of ether oxygens (including phenoxy) is 1. The highest BCUT2D eigenvalue weighted by atomic mass is 35.5. The van der Waals surface area contributed by atoms with Crippen LogP contribution in [0.4, 0.5) is 5.69 Å². The predicted octanol–water partition coefficient (Wildman–Crippen LogP) is 2.00. The maximum atomic E-state index is 12.2. The van der Waals surface area contributed by atoms with Gasteiger partial charge in [-0.15, -0.1) is 0 Å². The van der Waals surface area contributed by atoms with E-state index in [0.29, 0.717) is 24.7 Å². The van der Waals surface area contributed by atoms with E-state index < -0.39 is 0 Å². The van der Waals surface area contributed by atoms with Crippen LogP contribution in [0.3, 0.4) is 0 Å². The zero-order valence-electron chi connectivity index (χ0n) is 13.3. The first-order valence-corrected chi connectivity index (χ1v) is 8.21. The van der Waals surface area contributed by atoms with Crippen molar-refractivity contribution < 1.29 is 9.53 Å². The van der Waals surface area contributed by atoms with Gasteiger partial charge in [0.15, 0.2) is 0 Å². The fourth-order valence-corrected chi connectivity index (χ4v) is 2.89. The SMILES string of the molecule is O=C(COCc1ccncc1)N1CCN(c2ccncc2Cl)CC1. The quantitative estimate of drug-likeness (QED) is 0.828. The molecule has 1 saturated heterocycles. The zero-order chi connectivity index (χ0) is 16.8. The van der Waals surface area contributed by atoms with Crippen LogP contribution in [0.25, 0.3) is 0 Å². The van der Waals surface area contributed by atoms with Crippen LogP contribution in [0.5, 0.6) is 0 Å². The van der Waals surface area contributed by atoms with Gasteiger partial charge in [-0.25, -0.2) is 0 Å². The third-order valence-electron chi connectivity index (χ3n) is 3.97. The Hall–Kier alpha value is -2.18. The topological polar surface area (TPSA) is 58.6 Å². The number of rotatable bonds is 5. The summed E-state index contributed by atoms with van der Waals surface area (Å²) in [5.74, 6) is 0.0181. The summed E-state index contributed by atoms with van der Waals surface area (Å²) in [6.45, 7) is 3.34. The summed E-state index contributed by atoms with van der Waals surface area (Å²) in [5, 5.41) is 0.637. The molecule has 2 aromatic heterocycles. The van der Waals surface area contributed by atoms with E-state index in [9.17, 15) is 4.79 Å². The molecule has 1 amide bonds. The lowest BCUT2D eigenvalue weighted by atomic mass is 10.2. The summed E-state index contributed by atoms with van der Waals surface area (Å²) < 4.78 is 5.50. The minimum absolute atomic E-state index is 0.0181. The van der Waals surface area contributed by atoms with Gasteiger partial charge in [0.05, 0.1) is 17.3 Å². The molecule has 1 fully saturated rings.